The average molecular weight is 288 g/mol. The molecule has 0 atom stereocenters. The summed E-state index contributed by atoms with van der Waals surface area (Å²) in [5.41, 5.74) is 1.10. The third kappa shape index (κ3) is 4.51. The maximum atomic E-state index is 12.1. The summed E-state index contributed by atoms with van der Waals surface area (Å²) in [4.78, 5) is 20.9. The van der Waals surface area contributed by atoms with E-state index in [1.54, 1.807) is 0 Å². The Morgan fingerprint density at radius 3 is 2.71 bits per heavy atom. The van der Waals surface area contributed by atoms with E-state index in [-0.39, 0.29) is 0 Å². The lowest BCUT2D eigenvalue weighted by atomic mass is 10.2. The van der Waals surface area contributed by atoms with Crippen molar-refractivity contribution in [3.8, 4) is 0 Å². The van der Waals surface area contributed by atoms with E-state index in [0.29, 0.717) is 18.4 Å². The van der Waals surface area contributed by atoms with Gasteiger partial charge in [-0.1, -0.05) is 6.07 Å². The van der Waals surface area contributed by atoms with E-state index >= 15 is 0 Å². The van der Waals surface area contributed by atoms with E-state index < -0.39 is 0 Å². The molecule has 1 saturated heterocycles. The Labute approximate surface area is 126 Å². The van der Waals surface area contributed by atoms with Gasteiger partial charge < -0.3 is 10.2 Å². The van der Waals surface area contributed by atoms with Crippen molar-refractivity contribution < 1.29 is 4.79 Å². The summed E-state index contributed by atoms with van der Waals surface area (Å²) in [5.74, 6) is 0.292. The van der Waals surface area contributed by atoms with Crippen LogP contribution in [-0.2, 0) is 11.3 Å². The predicted octanol–water partition coefficient (Wildman–Crippen LogP) is 0.868. The van der Waals surface area contributed by atoms with Crippen molar-refractivity contribution in [2.24, 2.45) is 0 Å². The van der Waals surface area contributed by atoms with Crippen LogP contribution in [0.2, 0.25) is 0 Å². The van der Waals surface area contributed by atoms with Crippen molar-refractivity contribution in [1.82, 2.24) is 20.1 Å². The first-order chi connectivity index (χ1) is 10.3. The van der Waals surface area contributed by atoms with Gasteiger partial charge in [0.05, 0.1) is 5.69 Å². The van der Waals surface area contributed by atoms with Gasteiger partial charge in [0.15, 0.2) is 0 Å². The van der Waals surface area contributed by atoms with Gasteiger partial charge in [0.2, 0.25) is 5.91 Å². The fraction of sp³-hybridized carbons (Fsp3) is 0.625. The maximum Gasteiger partial charge on any atom is 0.223 e. The normalized spacial score (nSPS) is 19.7. The molecule has 2 aliphatic rings. The first kappa shape index (κ1) is 14.5. The molecule has 1 aliphatic carbocycles. The van der Waals surface area contributed by atoms with Crippen LogP contribution in [0.25, 0.3) is 0 Å². The van der Waals surface area contributed by atoms with Crippen LogP contribution in [0.15, 0.2) is 24.4 Å². The lowest BCUT2D eigenvalue weighted by Crippen LogP contribution is -2.48. The van der Waals surface area contributed by atoms with Gasteiger partial charge >= 0.3 is 0 Å². The third-order valence-electron chi connectivity index (χ3n) is 4.19. The van der Waals surface area contributed by atoms with Gasteiger partial charge in [-0.2, -0.15) is 0 Å². The zero-order valence-corrected chi connectivity index (χ0v) is 12.5. The molecule has 1 N–H and O–H groups in total. The van der Waals surface area contributed by atoms with Crippen molar-refractivity contribution in [2.45, 2.75) is 31.8 Å². The maximum absolute atomic E-state index is 12.1. The number of rotatable bonds is 6. The number of carbonyl (C=O) groups excluding carboxylic acids is 1. The molecule has 1 saturated carbocycles. The number of carbonyl (C=O) groups is 1. The minimum absolute atomic E-state index is 0.292. The summed E-state index contributed by atoms with van der Waals surface area (Å²) in [5, 5.41) is 3.40. The van der Waals surface area contributed by atoms with Gasteiger partial charge in [-0.3, -0.25) is 14.7 Å². The Bertz CT molecular complexity index is 453. The van der Waals surface area contributed by atoms with Crippen molar-refractivity contribution >= 4 is 5.91 Å². The Morgan fingerprint density at radius 2 is 2.05 bits per heavy atom. The van der Waals surface area contributed by atoms with Crippen molar-refractivity contribution in [3.63, 3.8) is 0 Å². The van der Waals surface area contributed by atoms with Crippen LogP contribution in [0, 0.1) is 0 Å². The lowest BCUT2D eigenvalue weighted by Gasteiger charge is -2.34. The van der Waals surface area contributed by atoms with E-state index in [4.69, 9.17) is 0 Å². The van der Waals surface area contributed by atoms with Crippen molar-refractivity contribution in [2.75, 3.05) is 32.7 Å². The number of aromatic nitrogens is 1. The minimum atomic E-state index is 0.292. The molecule has 21 heavy (non-hydrogen) atoms. The molecular weight excluding hydrogens is 264 g/mol. The molecule has 0 spiro atoms. The van der Waals surface area contributed by atoms with Crippen molar-refractivity contribution in [1.29, 1.82) is 0 Å². The summed E-state index contributed by atoms with van der Waals surface area (Å²) < 4.78 is 0. The molecule has 1 aromatic rings. The number of hydrogen-bond acceptors (Lipinski definition) is 4. The van der Waals surface area contributed by atoms with E-state index in [1.165, 1.54) is 12.8 Å². The summed E-state index contributed by atoms with van der Waals surface area (Å²) in [6.45, 7) is 5.28. The highest BCUT2D eigenvalue weighted by Crippen LogP contribution is 2.18. The summed E-state index contributed by atoms with van der Waals surface area (Å²) >= 11 is 0. The molecular formula is C16H24N4O. The highest BCUT2D eigenvalue weighted by Gasteiger charge is 2.23. The first-order valence-corrected chi connectivity index (χ1v) is 7.95. The second-order valence-corrected chi connectivity index (χ2v) is 5.96. The van der Waals surface area contributed by atoms with Crippen LogP contribution in [0.3, 0.4) is 0 Å². The molecule has 2 fully saturated rings. The SMILES string of the molecule is O=C(CCNC1CC1)N1CCN(Cc2ccccn2)CC1. The van der Waals surface area contributed by atoms with E-state index in [9.17, 15) is 4.79 Å². The molecule has 3 rings (SSSR count). The number of nitrogens with zero attached hydrogens (tertiary/aromatic N) is 3. The lowest BCUT2D eigenvalue weighted by molar-refractivity contribution is -0.132. The Balaban J connectivity index is 1.36. The largest absolute Gasteiger partial charge is 0.340 e. The second-order valence-electron chi connectivity index (χ2n) is 5.96. The van der Waals surface area contributed by atoms with Crippen LogP contribution < -0.4 is 5.32 Å². The highest BCUT2D eigenvalue weighted by molar-refractivity contribution is 5.76. The van der Waals surface area contributed by atoms with Gasteiger partial charge in [0, 0.05) is 57.9 Å². The Kier molecular flexibility index (Phi) is 4.83. The van der Waals surface area contributed by atoms with Gasteiger partial charge in [0.25, 0.3) is 0 Å². The van der Waals surface area contributed by atoms with Crippen LogP contribution in [0.4, 0.5) is 0 Å². The van der Waals surface area contributed by atoms with Crippen LogP contribution >= 0.6 is 0 Å². The van der Waals surface area contributed by atoms with Gasteiger partial charge in [0.1, 0.15) is 0 Å². The predicted molar refractivity (Wildman–Crippen MR) is 81.7 cm³/mol. The van der Waals surface area contributed by atoms with Gasteiger partial charge in [-0.15, -0.1) is 0 Å². The number of pyridine rings is 1. The summed E-state index contributed by atoms with van der Waals surface area (Å²) in [7, 11) is 0. The Hall–Kier alpha value is -1.46. The number of piperazine rings is 1. The highest BCUT2D eigenvalue weighted by atomic mass is 16.2. The fourth-order valence-corrected chi connectivity index (χ4v) is 2.70. The number of nitrogens with one attached hydrogen (secondary N) is 1. The topological polar surface area (TPSA) is 48.5 Å². The molecule has 2 heterocycles. The van der Waals surface area contributed by atoms with E-state index in [2.05, 4.69) is 21.3 Å². The zero-order chi connectivity index (χ0) is 14.5. The average Bonchev–Trinajstić information content (AvgIpc) is 3.33. The number of amides is 1. The monoisotopic (exact) mass is 288 g/mol. The van der Waals surface area contributed by atoms with Crippen molar-refractivity contribution in [3.05, 3.63) is 30.1 Å². The molecule has 5 nitrogen and oxygen atoms in total. The van der Waals surface area contributed by atoms with E-state index in [1.807, 2.05) is 23.2 Å². The number of hydrogen-bond donors (Lipinski definition) is 1. The Morgan fingerprint density at radius 1 is 1.24 bits per heavy atom. The minimum Gasteiger partial charge on any atom is -0.340 e. The van der Waals surface area contributed by atoms with Gasteiger partial charge in [-0.05, 0) is 25.0 Å². The van der Waals surface area contributed by atoms with Crippen LogP contribution in [0.5, 0.6) is 0 Å². The molecule has 1 amide bonds. The molecule has 5 heteroatoms. The smallest absolute Gasteiger partial charge is 0.223 e. The van der Waals surface area contributed by atoms with Crippen LogP contribution in [0.1, 0.15) is 25.0 Å². The van der Waals surface area contributed by atoms with Crippen LogP contribution in [-0.4, -0.2) is 59.5 Å². The summed E-state index contributed by atoms with van der Waals surface area (Å²) in [6.07, 6.45) is 5.03. The summed E-state index contributed by atoms with van der Waals surface area (Å²) in [6, 6.07) is 6.71. The second kappa shape index (κ2) is 7.00. The fourth-order valence-electron chi connectivity index (χ4n) is 2.70. The quantitative estimate of drug-likeness (QED) is 0.844. The van der Waals surface area contributed by atoms with Gasteiger partial charge in [-0.25, -0.2) is 0 Å². The molecule has 114 valence electrons. The zero-order valence-electron chi connectivity index (χ0n) is 12.5. The van der Waals surface area contributed by atoms with E-state index in [0.717, 1.165) is 45.0 Å². The molecule has 0 aromatic carbocycles. The molecule has 0 radical (unpaired) electrons. The molecule has 0 unspecified atom stereocenters. The molecule has 1 aliphatic heterocycles. The third-order valence-corrected chi connectivity index (χ3v) is 4.19. The standard InChI is InChI=1S/C16H24N4O/c21-16(6-8-18-14-4-5-14)20-11-9-19(10-12-20)13-15-3-1-2-7-17-15/h1-3,7,14,18H,4-6,8-13H2. The molecule has 1 aromatic heterocycles. The first-order valence-electron chi connectivity index (χ1n) is 7.95. The molecule has 0 bridgehead atoms.